The summed E-state index contributed by atoms with van der Waals surface area (Å²) in [4.78, 5) is 23.7. The molecule has 0 unspecified atom stereocenters. The molecule has 1 heterocycles. The van der Waals surface area contributed by atoms with E-state index in [4.69, 9.17) is 9.47 Å². The molecule has 0 aliphatic carbocycles. The summed E-state index contributed by atoms with van der Waals surface area (Å²) >= 11 is 0.736. The van der Waals surface area contributed by atoms with Crippen molar-refractivity contribution in [3.05, 3.63) is 78.7 Å². The average Bonchev–Trinajstić information content (AvgIpc) is 3.20. The Morgan fingerprint density at radius 2 is 1.38 bits per heavy atom. The zero-order valence-electron chi connectivity index (χ0n) is 19.5. The Morgan fingerprint density at radius 3 is 1.97 bits per heavy atom. The van der Waals surface area contributed by atoms with E-state index in [0.29, 0.717) is 16.3 Å². The number of benzene rings is 3. The van der Waals surface area contributed by atoms with Crippen molar-refractivity contribution in [1.29, 1.82) is 0 Å². The second kappa shape index (κ2) is 9.70. The fourth-order valence-electron chi connectivity index (χ4n) is 3.43. The Hall–Kier alpha value is -4.18. The fourth-order valence-corrected chi connectivity index (χ4v) is 4.64. The predicted molar refractivity (Wildman–Crippen MR) is 132 cm³/mol. The largest absolute Gasteiger partial charge is 0.573 e. The van der Waals surface area contributed by atoms with E-state index in [0.717, 1.165) is 17.4 Å². The quantitative estimate of drug-likeness (QED) is 0.111. The molecule has 3 aromatic carbocycles. The molecule has 0 N–H and O–H groups in total. The van der Waals surface area contributed by atoms with Gasteiger partial charge < -0.3 is 14.2 Å². The van der Waals surface area contributed by atoms with Crippen molar-refractivity contribution < 1.29 is 41.4 Å². The molecule has 0 saturated carbocycles. The highest BCUT2D eigenvalue weighted by Crippen LogP contribution is 2.47. The van der Waals surface area contributed by atoms with Gasteiger partial charge in [-0.25, -0.2) is 14.0 Å². The minimum atomic E-state index is -5.09. The van der Waals surface area contributed by atoms with Crippen molar-refractivity contribution in [2.24, 2.45) is 0 Å². The molecule has 5 nitrogen and oxygen atoms in total. The first-order valence-corrected chi connectivity index (χ1v) is 11.5. The van der Waals surface area contributed by atoms with Gasteiger partial charge in [-0.15, -0.1) is 24.5 Å². The van der Waals surface area contributed by atoms with Crippen LogP contribution in [-0.4, -0.2) is 18.3 Å². The zero-order valence-corrected chi connectivity index (χ0v) is 20.3. The summed E-state index contributed by atoms with van der Waals surface area (Å²) in [6, 6.07) is 11.7. The van der Waals surface area contributed by atoms with Gasteiger partial charge in [0.2, 0.25) is 0 Å². The molecule has 10 heteroatoms. The minimum absolute atomic E-state index is 0.0227. The second-order valence-electron chi connectivity index (χ2n) is 8.09. The number of thiophene rings is 1. The number of hydrogen-bond donors (Lipinski definition) is 0. The number of hydrogen-bond acceptors (Lipinski definition) is 6. The number of carbonyl (C=O) groups excluding carboxylic acids is 2. The number of alkyl halides is 3. The van der Waals surface area contributed by atoms with Crippen LogP contribution in [0.4, 0.5) is 17.6 Å². The van der Waals surface area contributed by atoms with Gasteiger partial charge in [-0.3, -0.25) is 0 Å². The molecule has 0 spiro atoms. The first kappa shape index (κ1) is 25.9. The third kappa shape index (κ3) is 5.34. The number of esters is 2. The Labute approximate surface area is 212 Å². The molecule has 0 aliphatic rings. The SMILES string of the molecule is C=C(C)C(=O)Oc1ccc(-c2ccc3c(sc4c(OC(F)(F)F)c(OC(=O)C(=C)C)ccc43)c2F)cc1. The molecular formula is C27H18F4O5S. The summed E-state index contributed by atoms with van der Waals surface area (Å²) in [7, 11) is 0. The van der Waals surface area contributed by atoms with Crippen molar-refractivity contribution in [1.82, 2.24) is 0 Å². The number of fused-ring (bicyclic) bond motifs is 3. The van der Waals surface area contributed by atoms with Crippen LogP contribution in [0.15, 0.2) is 72.8 Å². The van der Waals surface area contributed by atoms with E-state index in [-0.39, 0.29) is 31.9 Å². The zero-order chi connectivity index (χ0) is 27.1. The Balaban J connectivity index is 1.82. The van der Waals surface area contributed by atoms with Crippen molar-refractivity contribution in [3.63, 3.8) is 0 Å². The van der Waals surface area contributed by atoms with Crippen LogP contribution in [0.3, 0.4) is 0 Å². The van der Waals surface area contributed by atoms with Gasteiger partial charge in [0.15, 0.2) is 11.5 Å². The standard InChI is InChI=1S/C27H18F4O5S/c1-13(2)25(32)34-16-7-5-15(6-8-16)17-9-10-18-19-11-12-20(35-26(33)14(3)4)22(36-27(29,30)31)24(19)37-23(18)21(17)28/h5-12H,1,3H2,2,4H3. The Kier molecular flexibility index (Phi) is 6.79. The third-order valence-corrected chi connectivity index (χ3v) is 6.37. The summed E-state index contributed by atoms with van der Waals surface area (Å²) in [6.07, 6.45) is -5.09. The lowest BCUT2D eigenvalue weighted by Crippen LogP contribution is -2.18. The maximum absolute atomic E-state index is 15.6. The van der Waals surface area contributed by atoms with Crippen LogP contribution < -0.4 is 14.2 Å². The summed E-state index contributed by atoms with van der Waals surface area (Å²) < 4.78 is 69.8. The van der Waals surface area contributed by atoms with Gasteiger partial charge >= 0.3 is 18.3 Å². The molecule has 4 rings (SSSR count). The summed E-state index contributed by atoms with van der Waals surface area (Å²) in [5.41, 5.74) is 0.834. The van der Waals surface area contributed by atoms with Crippen LogP contribution in [0.5, 0.6) is 17.2 Å². The molecule has 0 fully saturated rings. The first-order valence-electron chi connectivity index (χ1n) is 10.6. The van der Waals surface area contributed by atoms with Gasteiger partial charge in [0, 0.05) is 27.5 Å². The number of rotatable bonds is 6. The summed E-state index contributed by atoms with van der Waals surface area (Å²) in [6.45, 7) is 9.77. The van der Waals surface area contributed by atoms with Crippen molar-refractivity contribution in [2.45, 2.75) is 20.2 Å². The van der Waals surface area contributed by atoms with E-state index in [9.17, 15) is 22.8 Å². The monoisotopic (exact) mass is 530 g/mol. The van der Waals surface area contributed by atoms with Gasteiger partial charge in [-0.2, -0.15) is 0 Å². The molecule has 37 heavy (non-hydrogen) atoms. The van der Waals surface area contributed by atoms with Crippen molar-refractivity contribution >= 4 is 43.4 Å². The van der Waals surface area contributed by atoms with E-state index >= 15 is 4.39 Å². The van der Waals surface area contributed by atoms with Gasteiger partial charge in [0.1, 0.15) is 11.6 Å². The highest BCUT2D eigenvalue weighted by molar-refractivity contribution is 7.26. The number of halogens is 4. The smallest absolute Gasteiger partial charge is 0.423 e. The lowest BCUT2D eigenvalue weighted by molar-refractivity contribution is -0.274. The highest BCUT2D eigenvalue weighted by atomic mass is 32.1. The molecule has 4 aromatic rings. The third-order valence-electron chi connectivity index (χ3n) is 5.16. The van der Waals surface area contributed by atoms with E-state index < -0.39 is 35.6 Å². The lowest BCUT2D eigenvalue weighted by Gasteiger charge is -2.14. The van der Waals surface area contributed by atoms with E-state index in [1.807, 2.05) is 0 Å². The Bertz CT molecular complexity index is 1580. The molecule has 0 aliphatic heterocycles. The molecule has 0 saturated heterocycles. The predicted octanol–water partition coefficient (Wildman–Crippen LogP) is 7.72. The van der Waals surface area contributed by atoms with Gasteiger partial charge in [-0.05, 0) is 43.7 Å². The van der Waals surface area contributed by atoms with E-state index in [1.54, 1.807) is 18.2 Å². The lowest BCUT2D eigenvalue weighted by atomic mass is 10.0. The van der Waals surface area contributed by atoms with Crippen LogP contribution in [0.25, 0.3) is 31.3 Å². The molecular weight excluding hydrogens is 512 g/mol. The molecule has 0 atom stereocenters. The minimum Gasteiger partial charge on any atom is -0.423 e. The first-order chi connectivity index (χ1) is 17.4. The molecule has 1 aromatic heterocycles. The maximum atomic E-state index is 15.6. The number of ether oxygens (including phenoxy) is 3. The fraction of sp³-hybridized carbons (Fsp3) is 0.111. The van der Waals surface area contributed by atoms with Crippen LogP contribution in [0.2, 0.25) is 0 Å². The van der Waals surface area contributed by atoms with Gasteiger partial charge in [0.25, 0.3) is 0 Å². The van der Waals surface area contributed by atoms with Gasteiger partial charge in [0.05, 0.1) is 9.40 Å². The normalized spacial score (nSPS) is 11.4. The van der Waals surface area contributed by atoms with Gasteiger partial charge in [-0.1, -0.05) is 37.4 Å². The van der Waals surface area contributed by atoms with E-state index in [2.05, 4.69) is 17.9 Å². The highest BCUT2D eigenvalue weighted by Gasteiger charge is 2.35. The molecule has 0 radical (unpaired) electrons. The number of carbonyl (C=O) groups is 2. The van der Waals surface area contributed by atoms with Crippen LogP contribution >= 0.6 is 11.3 Å². The van der Waals surface area contributed by atoms with Crippen LogP contribution in [0.1, 0.15) is 13.8 Å². The molecule has 0 amide bonds. The average molecular weight is 530 g/mol. The van der Waals surface area contributed by atoms with Crippen molar-refractivity contribution in [2.75, 3.05) is 0 Å². The van der Waals surface area contributed by atoms with Crippen LogP contribution in [0, 0.1) is 5.82 Å². The van der Waals surface area contributed by atoms with Crippen molar-refractivity contribution in [3.8, 4) is 28.4 Å². The summed E-state index contributed by atoms with van der Waals surface area (Å²) in [5.74, 6) is -3.17. The molecule has 0 bridgehead atoms. The van der Waals surface area contributed by atoms with E-state index in [1.165, 1.54) is 38.1 Å². The molecule has 190 valence electrons. The topological polar surface area (TPSA) is 61.8 Å². The maximum Gasteiger partial charge on any atom is 0.573 e. The Morgan fingerprint density at radius 1 is 0.811 bits per heavy atom. The second-order valence-corrected chi connectivity index (χ2v) is 9.11. The summed E-state index contributed by atoms with van der Waals surface area (Å²) in [5, 5.41) is 0.653. The van der Waals surface area contributed by atoms with Crippen LogP contribution in [-0.2, 0) is 9.59 Å².